The summed E-state index contributed by atoms with van der Waals surface area (Å²) in [7, 11) is -3.59. The minimum Gasteiger partial charge on any atom is -0.472 e. The highest BCUT2D eigenvalue weighted by molar-refractivity contribution is 7.89. The zero-order valence-electron chi connectivity index (χ0n) is 12.8. The summed E-state index contributed by atoms with van der Waals surface area (Å²) >= 11 is 6.01. The fourth-order valence-corrected chi connectivity index (χ4v) is 4.35. The van der Waals surface area contributed by atoms with E-state index < -0.39 is 10.0 Å². The Kier molecular flexibility index (Phi) is 4.45. The van der Waals surface area contributed by atoms with E-state index in [0.29, 0.717) is 22.0 Å². The predicted molar refractivity (Wildman–Crippen MR) is 88.3 cm³/mol. The lowest BCUT2D eigenvalue weighted by atomic mass is 10.2. The molecule has 0 saturated carbocycles. The number of halogens is 1. The summed E-state index contributed by atoms with van der Waals surface area (Å²) in [5.74, 6) is 0.370. The Balaban J connectivity index is 1.67. The summed E-state index contributed by atoms with van der Waals surface area (Å²) in [6, 6.07) is 10.0. The third kappa shape index (κ3) is 3.08. The number of pyridine rings is 1. The van der Waals surface area contributed by atoms with Crippen molar-refractivity contribution in [2.45, 2.75) is 17.9 Å². The van der Waals surface area contributed by atoms with Gasteiger partial charge in [0.1, 0.15) is 12.2 Å². The quantitative estimate of drug-likeness (QED) is 0.832. The molecule has 1 aromatic heterocycles. The van der Waals surface area contributed by atoms with Crippen molar-refractivity contribution >= 4 is 21.6 Å². The molecule has 0 amide bonds. The first-order valence-electron chi connectivity index (χ1n) is 7.20. The smallest absolute Gasteiger partial charge is 0.243 e. The van der Waals surface area contributed by atoms with Gasteiger partial charge in [-0.2, -0.15) is 9.57 Å². The Bertz CT molecular complexity index is 901. The fourth-order valence-electron chi connectivity index (χ4n) is 2.36. The van der Waals surface area contributed by atoms with E-state index in [4.69, 9.17) is 21.6 Å². The first kappa shape index (κ1) is 16.7. The van der Waals surface area contributed by atoms with Gasteiger partial charge in [-0.3, -0.25) is 0 Å². The van der Waals surface area contributed by atoms with Crippen molar-refractivity contribution in [2.75, 3.05) is 13.1 Å². The molecule has 0 radical (unpaired) electrons. The van der Waals surface area contributed by atoms with Crippen molar-refractivity contribution in [3.05, 3.63) is 52.7 Å². The number of ether oxygens (including phenoxy) is 1. The molecular weight excluding hydrogens is 350 g/mol. The Morgan fingerprint density at radius 3 is 2.71 bits per heavy atom. The van der Waals surface area contributed by atoms with Gasteiger partial charge in [0.05, 0.1) is 23.5 Å². The van der Waals surface area contributed by atoms with E-state index in [-0.39, 0.29) is 24.1 Å². The highest BCUT2D eigenvalue weighted by atomic mass is 35.5. The van der Waals surface area contributed by atoms with E-state index in [9.17, 15) is 8.42 Å². The summed E-state index contributed by atoms with van der Waals surface area (Å²) in [4.78, 5) is 4.23. The van der Waals surface area contributed by atoms with Crippen LogP contribution in [0.25, 0.3) is 0 Å². The van der Waals surface area contributed by atoms with Gasteiger partial charge in [-0.05, 0) is 30.7 Å². The molecule has 3 rings (SSSR count). The van der Waals surface area contributed by atoms with Crippen LogP contribution in [0.1, 0.15) is 11.1 Å². The molecule has 1 aromatic carbocycles. The average Bonchev–Trinajstić information content (AvgIpc) is 2.53. The Labute approximate surface area is 145 Å². The minimum atomic E-state index is -3.59. The number of hydrogen-bond donors (Lipinski definition) is 0. The van der Waals surface area contributed by atoms with E-state index in [1.165, 1.54) is 10.5 Å². The second-order valence-electron chi connectivity index (χ2n) is 5.42. The van der Waals surface area contributed by atoms with Crippen LogP contribution in [0, 0.1) is 18.3 Å². The first-order chi connectivity index (χ1) is 11.4. The molecule has 1 saturated heterocycles. The average molecular weight is 364 g/mol. The third-order valence-electron chi connectivity index (χ3n) is 3.80. The lowest BCUT2D eigenvalue weighted by Gasteiger charge is -2.37. The van der Waals surface area contributed by atoms with Crippen molar-refractivity contribution in [3.63, 3.8) is 0 Å². The Hall–Kier alpha value is -2.14. The first-order valence-corrected chi connectivity index (χ1v) is 9.01. The van der Waals surface area contributed by atoms with E-state index in [2.05, 4.69) is 4.98 Å². The number of nitriles is 1. The van der Waals surface area contributed by atoms with E-state index >= 15 is 0 Å². The number of benzene rings is 1. The number of nitrogens with zero attached hydrogens (tertiary/aromatic N) is 3. The standard InChI is InChI=1S/C16H14ClN3O3S/c1-11-14(17)3-2-4-15(11)24(21,22)20-9-13(10-20)23-16-6-5-12(7-18)8-19-16/h2-6,8,13H,9-10H2,1H3. The molecule has 2 aromatic rings. The molecule has 0 aliphatic carbocycles. The second kappa shape index (κ2) is 6.40. The summed E-state index contributed by atoms with van der Waals surface area (Å²) in [6.45, 7) is 2.18. The van der Waals surface area contributed by atoms with Crippen LogP contribution in [0.3, 0.4) is 0 Å². The molecule has 0 spiro atoms. The maximum absolute atomic E-state index is 12.6. The number of sulfonamides is 1. The molecule has 0 N–H and O–H groups in total. The van der Waals surface area contributed by atoms with Crippen molar-refractivity contribution in [3.8, 4) is 11.9 Å². The second-order valence-corrected chi connectivity index (χ2v) is 7.74. The van der Waals surface area contributed by atoms with E-state index in [1.807, 2.05) is 6.07 Å². The summed E-state index contributed by atoms with van der Waals surface area (Å²) < 4.78 is 32.2. The Morgan fingerprint density at radius 1 is 1.33 bits per heavy atom. The largest absolute Gasteiger partial charge is 0.472 e. The van der Waals surface area contributed by atoms with Gasteiger partial charge in [0.25, 0.3) is 0 Å². The molecule has 0 atom stereocenters. The van der Waals surface area contributed by atoms with Crippen molar-refractivity contribution in [2.24, 2.45) is 0 Å². The SMILES string of the molecule is Cc1c(Cl)cccc1S(=O)(=O)N1CC(Oc2ccc(C#N)cn2)C1. The zero-order chi connectivity index (χ0) is 17.3. The van der Waals surface area contributed by atoms with Crippen LogP contribution in [0.4, 0.5) is 0 Å². The topological polar surface area (TPSA) is 83.3 Å². The highest BCUT2D eigenvalue weighted by Gasteiger charge is 2.39. The summed E-state index contributed by atoms with van der Waals surface area (Å²) in [5.41, 5.74) is 0.980. The molecule has 2 heterocycles. The van der Waals surface area contributed by atoms with Gasteiger partial charge in [0.15, 0.2) is 0 Å². The van der Waals surface area contributed by atoms with Crippen LogP contribution in [0.2, 0.25) is 5.02 Å². The van der Waals surface area contributed by atoms with Gasteiger partial charge < -0.3 is 4.74 Å². The molecule has 24 heavy (non-hydrogen) atoms. The number of rotatable bonds is 4. The van der Waals surface area contributed by atoms with Crippen molar-refractivity contribution in [1.82, 2.24) is 9.29 Å². The van der Waals surface area contributed by atoms with Crippen LogP contribution in [0.15, 0.2) is 41.4 Å². The van der Waals surface area contributed by atoms with Crippen LogP contribution in [-0.4, -0.2) is 36.9 Å². The lowest BCUT2D eigenvalue weighted by Crippen LogP contribution is -2.56. The van der Waals surface area contributed by atoms with E-state index in [0.717, 1.165) is 0 Å². The van der Waals surface area contributed by atoms with Crippen LogP contribution in [-0.2, 0) is 10.0 Å². The van der Waals surface area contributed by atoms with E-state index in [1.54, 1.807) is 37.3 Å². The van der Waals surface area contributed by atoms with Crippen molar-refractivity contribution in [1.29, 1.82) is 5.26 Å². The normalized spacial score (nSPS) is 15.5. The molecule has 1 fully saturated rings. The van der Waals surface area contributed by atoms with Crippen LogP contribution >= 0.6 is 11.6 Å². The van der Waals surface area contributed by atoms with Gasteiger partial charge in [-0.15, -0.1) is 0 Å². The molecule has 124 valence electrons. The number of hydrogen-bond acceptors (Lipinski definition) is 5. The molecule has 1 aliphatic rings. The molecule has 0 unspecified atom stereocenters. The van der Waals surface area contributed by atoms with Gasteiger partial charge >= 0.3 is 0 Å². The highest BCUT2D eigenvalue weighted by Crippen LogP contribution is 2.29. The van der Waals surface area contributed by atoms with Crippen LogP contribution in [0.5, 0.6) is 5.88 Å². The lowest BCUT2D eigenvalue weighted by molar-refractivity contribution is 0.0720. The molecule has 8 heteroatoms. The predicted octanol–water partition coefficient (Wildman–Crippen LogP) is 2.37. The third-order valence-corrected chi connectivity index (χ3v) is 6.19. The molecular formula is C16H14ClN3O3S. The number of aromatic nitrogens is 1. The maximum Gasteiger partial charge on any atom is 0.243 e. The fraction of sp³-hybridized carbons (Fsp3) is 0.250. The van der Waals surface area contributed by atoms with Gasteiger partial charge in [0.2, 0.25) is 15.9 Å². The monoisotopic (exact) mass is 363 g/mol. The maximum atomic E-state index is 12.6. The van der Waals surface area contributed by atoms with Gasteiger partial charge in [-0.1, -0.05) is 17.7 Å². The Morgan fingerprint density at radius 2 is 2.08 bits per heavy atom. The van der Waals surface area contributed by atoms with Crippen LogP contribution < -0.4 is 4.74 Å². The molecule has 1 aliphatic heterocycles. The minimum absolute atomic E-state index is 0.213. The summed E-state index contributed by atoms with van der Waals surface area (Å²) in [5, 5.41) is 9.15. The zero-order valence-corrected chi connectivity index (χ0v) is 14.4. The molecule has 6 nitrogen and oxygen atoms in total. The summed E-state index contributed by atoms with van der Waals surface area (Å²) in [6.07, 6.45) is 1.15. The van der Waals surface area contributed by atoms with Gasteiger partial charge in [0, 0.05) is 17.3 Å². The molecule has 0 bridgehead atoms. The van der Waals surface area contributed by atoms with Gasteiger partial charge in [-0.25, -0.2) is 13.4 Å². The van der Waals surface area contributed by atoms with Crippen molar-refractivity contribution < 1.29 is 13.2 Å².